The van der Waals surface area contributed by atoms with E-state index in [1.165, 1.54) is 27.5 Å². The Morgan fingerprint density at radius 3 is 2.53 bits per heavy atom. The monoisotopic (exact) mass is 416 g/mol. The maximum atomic E-state index is 13.2. The van der Waals surface area contributed by atoms with Gasteiger partial charge in [0.2, 0.25) is 0 Å². The van der Waals surface area contributed by atoms with Crippen LogP contribution in [0, 0.1) is 5.82 Å². The molecular formula is C24H21FN4S. The fourth-order valence-corrected chi connectivity index (χ4v) is 4.79. The number of thiophene rings is 1. The molecule has 1 aliphatic rings. The first-order valence-electron chi connectivity index (χ1n) is 9.92. The number of fused-ring (bicyclic) bond motifs is 1. The highest BCUT2D eigenvalue weighted by atomic mass is 32.1. The molecule has 0 fully saturated rings. The van der Waals surface area contributed by atoms with Gasteiger partial charge in [-0.3, -0.25) is 4.90 Å². The van der Waals surface area contributed by atoms with Crippen LogP contribution in [0.2, 0.25) is 0 Å². The van der Waals surface area contributed by atoms with Crippen molar-refractivity contribution in [1.29, 1.82) is 0 Å². The summed E-state index contributed by atoms with van der Waals surface area (Å²) >= 11 is 1.76. The largest absolute Gasteiger partial charge is 0.399 e. The summed E-state index contributed by atoms with van der Waals surface area (Å²) in [7, 11) is 0. The van der Waals surface area contributed by atoms with Crippen molar-refractivity contribution in [2.75, 3.05) is 12.3 Å². The molecule has 0 saturated carbocycles. The topological polar surface area (TPSA) is 55.0 Å². The third-order valence-corrected chi connectivity index (χ3v) is 6.47. The lowest BCUT2D eigenvalue weighted by molar-refractivity contribution is 0.245. The first-order chi connectivity index (χ1) is 14.6. The van der Waals surface area contributed by atoms with Gasteiger partial charge in [-0.25, -0.2) is 14.4 Å². The minimum Gasteiger partial charge on any atom is -0.399 e. The van der Waals surface area contributed by atoms with Crippen LogP contribution < -0.4 is 5.73 Å². The number of anilines is 1. The minimum atomic E-state index is -0.204. The SMILES string of the molecule is Nc1ccc(-c2ncc3c(n2)CCN(Cc2ccc(-c4ccc(F)cc4)s2)C3)cc1. The van der Waals surface area contributed by atoms with Crippen molar-refractivity contribution >= 4 is 17.0 Å². The van der Waals surface area contributed by atoms with Crippen molar-refractivity contribution in [3.8, 4) is 21.8 Å². The Hall–Kier alpha value is -3.09. The van der Waals surface area contributed by atoms with Gasteiger partial charge in [0, 0.05) is 58.8 Å². The molecule has 30 heavy (non-hydrogen) atoms. The molecule has 2 aromatic heterocycles. The predicted molar refractivity (Wildman–Crippen MR) is 119 cm³/mol. The number of halogens is 1. The van der Waals surface area contributed by atoms with E-state index in [4.69, 9.17) is 10.7 Å². The second-order valence-electron chi connectivity index (χ2n) is 7.52. The summed E-state index contributed by atoms with van der Waals surface area (Å²) in [6.07, 6.45) is 2.87. The summed E-state index contributed by atoms with van der Waals surface area (Å²) in [4.78, 5) is 14.3. The molecule has 0 unspecified atom stereocenters. The van der Waals surface area contributed by atoms with E-state index in [9.17, 15) is 4.39 Å². The van der Waals surface area contributed by atoms with Crippen molar-refractivity contribution in [3.05, 3.63) is 88.8 Å². The first kappa shape index (κ1) is 18.9. The molecule has 4 aromatic rings. The van der Waals surface area contributed by atoms with Crippen LogP contribution >= 0.6 is 11.3 Å². The zero-order chi connectivity index (χ0) is 20.5. The van der Waals surface area contributed by atoms with E-state index in [0.29, 0.717) is 0 Å². The molecule has 5 rings (SSSR count). The predicted octanol–water partition coefficient (Wildman–Crippen LogP) is 5.15. The molecule has 0 aliphatic carbocycles. The average molecular weight is 417 g/mol. The van der Waals surface area contributed by atoms with Gasteiger partial charge in [0.15, 0.2) is 5.82 Å². The van der Waals surface area contributed by atoms with E-state index >= 15 is 0 Å². The smallest absolute Gasteiger partial charge is 0.159 e. The molecule has 0 bridgehead atoms. The van der Waals surface area contributed by atoms with Gasteiger partial charge in [0.1, 0.15) is 5.82 Å². The maximum absolute atomic E-state index is 13.2. The van der Waals surface area contributed by atoms with Crippen LogP contribution in [0.3, 0.4) is 0 Å². The van der Waals surface area contributed by atoms with Gasteiger partial charge in [0.05, 0.1) is 5.69 Å². The number of hydrogen-bond acceptors (Lipinski definition) is 5. The summed E-state index contributed by atoms with van der Waals surface area (Å²) in [5.41, 5.74) is 10.9. The quantitative estimate of drug-likeness (QED) is 0.468. The molecule has 150 valence electrons. The van der Waals surface area contributed by atoms with Gasteiger partial charge in [0.25, 0.3) is 0 Å². The Bertz CT molecular complexity index is 1170. The number of hydrogen-bond donors (Lipinski definition) is 1. The van der Waals surface area contributed by atoms with Crippen LogP contribution in [0.25, 0.3) is 21.8 Å². The Morgan fingerprint density at radius 1 is 0.967 bits per heavy atom. The van der Waals surface area contributed by atoms with Crippen molar-refractivity contribution in [3.63, 3.8) is 0 Å². The molecule has 6 heteroatoms. The number of nitrogens with two attached hydrogens (primary N) is 1. The lowest BCUT2D eigenvalue weighted by atomic mass is 10.1. The van der Waals surface area contributed by atoms with Gasteiger partial charge in [-0.05, 0) is 54.1 Å². The zero-order valence-corrected chi connectivity index (χ0v) is 17.2. The lowest BCUT2D eigenvalue weighted by Crippen LogP contribution is -2.30. The van der Waals surface area contributed by atoms with Gasteiger partial charge in [-0.1, -0.05) is 12.1 Å². The summed E-state index contributed by atoms with van der Waals surface area (Å²) in [5, 5.41) is 0. The molecule has 0 radical (unpaired) electrons. The van der Waals surface area contributed by atoms with Crippen LogP contribution in [0.15, 0.2) is 66.9 Å². The molecule has 2 N–H and O–H groups in total. The number of aromatic nitrogens is 2. The van der Waals surface area contributed by atoms with Crippen molar-refractivity contribution in [2.45, 2.75) is 19.5 Å². The van der Waals surface area contributed by atoms with Crippen LogP contribution in [0.5, 0.6) is 0 Å². The van der Waals surface area contributed by atoms with Crippen molar-refractivity contribution in [2.24, 2.45) is 0 Å². The van der Waals surface area contributed by atoms with E-state index < -0.39 is 0 Å². The fourth-order valence-electron chi connectivity index (χ4n) is 3.73. The summed E-state index contributed by atoms with van der Waals surface area (Å²) in [5.74, 6) is 0.550. The third-order valence-electron chi connectivity index (χ3n) is 5.35. The second-order valence-corrected chi connectivity index (χ2v) is 8.69. The van der Waals surface area contributed by atoms with E-state index in [-0.39, 0.29) is 5.82 Å². The standard InChI is InChI=1S/C24H21FN4S/c25-19-5-1-16(2-6-19)23-10-9-21(30-23)15-29-12-11-22-18(14-29)13-27-24(28-22)17-3-7-20(26)8-4-17/h1-10,13H,11-12,14-15,26H2. The van der Waals surface area contributed by atoms with E-state index in [2.05, 4.69) is 22.0 Å². The Labute approximate surface area is 178 Å². The van der Waals surface area contributed by atoms with Gasteiger partial charge in [-0.2, -0.15) is 0 Å². The zero-order valence-electron chi connectivity index (χ0n) is 16.4. The van der Waals surface area contributed by atoms with E-state index in [1.54, 1.807) is 11.3 Å². The van der Waals surface area contributed by atoms with Crippen molar-refractivity contribution in [1.82, 2.24) is 14.9 Å². The fraction of sp³-hybridized carbons (Fsp3) is 0.167. The molecule has 3 heterocycles. The lowest BCUT2D eigenvalue weighted by Gasteiger charge is -2.27. The van der Waals surface area contributed by atoms with E-state index in [1.807, 2.05) is 42.6 Å². The molecule has 0 spiro atoms. The highest BCUT2D eigenvalue weighted by Gasteiger charge is 2.19. The highest BCUT2D eigenvalue weighted by molar-refractivity contribution is 7.15. The summed E-state index contributed by atoms with van der Waals surface area (Å²) in [6.45, 7) is 2.71. The van der Waals surface area contributed by atoms with Crippen LogP contribution in [0.4, 0.5) is 10.1 Å². The number of benzene rings is 2. The van der Waals surface area contributed by atoms with Gasteiger partial charge >= 0.3 is 0 Å². The number of nitrogens with zero attached hydrogens (tertiary/aromatic N) is 3. The normalized spacial score (nSPS) is 13.9. The first-order valence-corrected chi connectivity index (χ1v) is 10.7. The summed E-state index contributed by atoms with van der Waals surface area (Å²) < 4.78 is 13.2. The average Bonchev–Trinajstić information content (AvgIpc) is 3.23. The van der Waals surface area contributed by atoms with Gasteiger partial charge < -0.3 is 5.73 Å². The van der Waals surface area contributed by atoms with Crippen LogP contribution in [-0.2, 0) is 19.5 Å². The maximum Gasteiger partial charge on any atom is 0.159 e. The highest BCUT2D eigenvalue weighted by Crippen LogP contribution is 2.30. The Balaban J connectivity index is 1.28. The van der Waals surface area contributed by atoms with E-state index in [0.717, 1.165) is 54.4 Å². The minimum absolute atomic E-state index is 0.204. The number of rotatable bonds is 4. The molecule has 2 aromatic carbocycles. The number of nitrogen functional groups attached to an aromatic ring is 1. The molecule has 0 saturated heterocycles. The summed E-state index contributed by atoms with van der Waals surface area (Å²) in [6, 6.07) is 18.6. The van der Waals surface area contributed by atoms with Gasteiger partial charge in [-0.15, -0.1) is 11.3 Å². The third kappa shape index (κ3) is 3.97. The molecule has 0 amide bonds. The molecule has 1 aliphatic heterocycles. The molecule has 0 atom stereocenters. The molecular weight excluding hydrogens is 395 g/mol. The molecule has 4 nitrogen and oxygen atoms in total. The van der Waals surface area contributed by atoms with Crippen LogP contribution in [-0.4, -0.2) is 21.4 Å². The Kier molecular flexibility index (Phi) is 5.02. The van der Waals surface area contributed by atoms with Crippen molar-refractivity contribution < 1.29 is 4.39 Å². The Morgan fingerprint density at radius 2 is 1.73 bits per heavy atom. The van der Waals surface area contributed by atoms with Crippen LogP contribution in [0.1, 0.15) is 16.1 Å². The second kappa shape index (κ2) is 7.97.